The van der Waals surface area contributed by atoms with Crippen LogP contribution in [0.15, 0.2) is 24.3 Å². The summed E-state index contributed by atoms with van der Waals surface area (Å²) in [6.07, 6.45) is 4.84. The summed E-state index contributed by atoms with van der Waals surface area (Å²) in [5.41, 5.74) is 7.67. The maximum absolute atomic E-state index is 12.4. The van der Waals surface area contributed by atoms with Crippen molar-refractivity contribution in [2.75, 3.05) is 31.6 Å². The number of anilines is 1. The summed E-state index contributed by atoms with van der Waals surface area (Å²) in [6, 6.07) is 8.10. The van der Waals surface area contributed by atoms with Crippen molar-refractivity contribution >= 4 is 36.4 Å². The lowest BCUT2D eigenvalue weighted by Crippen LogP contribution is -2.52. The van der Waals surface area contributed by atoms with E-state index in [2.05, 4.69) is 22.3 Å². The molecule has 1 aromatic carbocycles. The normalized spacial score (nSPS) is 20.0. The van der Waals surface area contributed by atoms with Crippen LogP contribution < -0.4 is 11.1 Å². The zero-order valence-electron chi connectivity index (χ0n) is 14.5. The Morgan fingerprint density at radius 1 is 1.08 bits per heavy atom. The number of rotatable bonds is 4. The first-order valence-electron chi connectivity index (χ1n) is 8.65. The number of ether oxygens (including phenoxy) is 1. The van der Waals surface area contributed by atoms with Crippen LogP contribution in [-0.4, -0.2) is 42.6 Å². The van der Waals surface area contributed by atoms with Crippen LogP contribution in [0.4, 0.5) is 5.69 Å². The number of benzene rings is 1. The number of hydrogen-bond acceptors (Lipinski definition) is 4. The Labute approximate surface area is 162 Å². The van der Waals surface area contributed by atoms with Crippen molar-refractivity contribution in [2.24, 2.45) is 5.73 Å². The molecule has 1 amide bonds. The molecule has 0 spiro atoms. The van der Waals surface area contributed by atoms with Gasteiger partial charge in [-0.1, -0.05) is 31.4 Å². The van der Waals surface area contributed by atoms with Crippen LogP contribution in [0, 0.1) is 0 Å². The fraction of sp³-hybridized carbons (Fsp3) is 0.611. The molecule has 25 heavy (non-hydrogen) atoms. The second-order valence-corrected chi connectivity index (χ2v) is 6.76. The maximum atomic E-state index is 12.4. The van der Waals surface area contributed by atoms with Gasteiger partial charge >= 0.3 is 0 Å². The zero-order chi connectivity index (χ0) is 16.1. The van der Waals surface area contributed by atoms with Gasteiger partial charge in [-0.25, -0.2) is 0 Å². The summed E-state index contributed by atoms with van der Waals surface area (Å²) >= 11 is 0. The monoisotopic (exact) mass is 389 g/mol. The Hall–Kier alpha value is -0.850. The van der Waals surface area contributed by atoms with Crippen molar-refractivity contribution in [3.63, 3.8) is 0 Å². The van der Waals surface area contributed by atoms with Crippen LogP contribution in [-0.2, 0) is 16.1 Å². The number of carbonyl (C=O) groups is 1. The van der Waals surface area contributed by atoms with Gasteiger partial charge in [-0.05, 0) is 30.5 Å². The summed E-state index contributed by atoms with van der Waals surface area (Å²) in [7, 11) is 0. The van der Waals surface area contributed by atoms with Crippen molar-refractivity contribution in [2.45, 2.75) is 44.2 Å². The quantitative estimate of drug-likeness (QED) is 0.830. The van der Waals surface area contributed by atoms with Crippen LogP contribution in [0.1, 0.15) is 37.7 Å². The molecule has 1 aliphatic carbocycles. The molecule has 7 heteroatoms. The summed E-state index contributed by atoms with van der Waals surface area (Å²) in [6.45, 7) is 4.51. The topological polar surface area (TPSA) is 67.6 Å². The van der Waals surface area contributed by atoms with E-state index in [0.29, 0.717) is 0 Å². The molecule has 142 valence electrons. The third-order valence-electron chi connectivity index (χ3n) is 4.92. The highest BCUT2D eigenvalue weighted by molar-refractivity contribution is 5.98. The van der Waals surface area contributed by atoms with Gasteiger partial charge in [0.15, 0.2) is 0 Å². The van der Waals surface area contributed by atoms with E-state index in [1.807, 2.05) is 12.1 Å². The molecule has 0 unspecified atom stereocenters. The Morgan fingerprint density at radius 2 is 1.68 bits per heavy atom. The van der Waals surface area contributed by atoms with Gasteiger partial charge in [-0.15, -0.1) is 24.8 Å². The predicted molar refractivity (Wildman–Crippen MR) is 106 cm³/mol. The van der Waals surface area contributed by atoms with E-state index in [9.17, 15) is 4.79 Å². The molecule has 1 aliphatic heterocycles. The van der Waals surface area contributed by atoms with Crippen LogP contribution in [0.2, 0.25) is 0 Å². The molecular weight excluding hydrogens is 361 g/mol. The highest BCUT2D eigenvalue weighted by atomic mass is 35.5. The Bertz CT molecular complexity index is 528. The van der Waals surface area contributed by atoms with E-state index in [1.165, 1.54) is 12.0 Å². The Kier molecular flexibility index (Phi) is 9.17. The van der Waals surface area contributed by atoms with E-state index in [0.717, 1.165) is 64.2 Å². The summed E-state index contributed by atoms with van der Waals surface area (Å²) in [5.74, 6) is -0.0434. The average Bonchev–Trinajstić information content (AvgIpc) is 2.58. The number of hydrogen-bond donors (Lipinski definition) is 2. The minimum absolute atomic E-state index is 0. The van der Waals surface area contributed by atoms with Crippen LogP contribution in [0.25, 0.3) is 0 Å². The molecule has 3 rings (SSSR count). The Balaban J connectivity index is 0.00000156. The van der Waals surface area contributed by atoms with Gasteiger partial charge < -0.3 is 15.8 Å². The number of nitrogens with one attached hydrogen (secondary N) is 1. The first-order chi connectivity index (χ1) is 11.2. The van der Waals surface area contributed by atoms with E-state index >= 15 is 0 Å². The van der Waals surface area contributed by atoms with Gasteiger partial charge in [-0.2, -0.15) is 0 Å². The number of amides is 1. The van der Waals surface area contributed by atoms with Gasteiger partial charge in [0.05, 0.1) is 18.8 Å². The second-order valence-electron chi connectivity index (χ2n) is 6.76. The van der Waals surface area contributed by atoms with Crippen molar-refractivity contribution < 1.29 is 9.53 Å². The number of morpholine rings is 1. The molecule has 1 saturated carbocycles. The molecule has 0 radical (unpaired) electrons. The second kappa shape index (κ2) is 10.3. The van der Waals surface area contributed by atoms with E-state index in [1.54, 1.807) is 0 Å². The first-order valence-corrected chi connectivity index (χ1v) is 8.65. The third kappa shape index (κ3) is 6.12. The highest BCUT2D eigenvalue weighted by Crippen LogP contribution is 2.27. The fourth-order valence-electron chi connectivity index (χ4n) is 3.38. The van der Waals surface area contributed by atoms with Gasteiger partial charge in [0.2, 0.25) is 5.91 Å². The summed E-state index contributed by atoms with van der Waals surface area (Å²) in [4.78, 5) is 14.8. The lowest BCUT2D eigenvalue weighted by molar-refractivity contribution is -0.122. The van der Waals surface area contributed by atoms with Crippen molar-refractivity contribution in [1.29, 1.82) is 0 Å². The van der Waals surface area contributed by atoms with Gasteiger partial charge in [0.1, 0.15) is 0 Å². The van der Waals surface area contributed by atoms with E-state index in [4.69, 9.17) is 10.5 Å². The molecule has 1 heterocycles. The largest absolute Gasteiger partial charge is 0.379 e. The number of nitrogens with zero attached hydrogens (tertiary/aromatic N) is 1. The van der Waals surface area contributed by atoms with Crippen molar-refractivity contribution in [3.8, 4) is 0 Å². The van der Waals surface area contributed by atoms with Crippen molar-refractivity contribution in [3.05, 3.63) is 29.8 Å². The minimum Gasteiger partial charge on any atom is -0.379 e. The van der Waals surface area contributed by atoms with E-state index < -0.39 is 5.54 Å². The molecule has 2 fully saturated rings. The maximum Gasteiger partial charge on any atom is 0.244 e. The molecule has 0 aromatic heterocycles. The molecule has 0 atom stereocenters. The van der Waals surface area contributed by atoms with E-state index in [-0.39, 0.29) is 30.7 Å². The summed E-state index contributed by atoms with van der Waals surface area (Å²) in [5, 5.41) is 2.99. The lowest BCUT2D eigenvalue weighted by Gasteiger charge is -2.31. The Morgan fingerprint density at radius 3 is 2.28 bits per heavy atom. The number of halogens is 2. The van der Waals surface area contributed by atoms with Gasteiger partial charge in [0, 0.05) is 25.3 Å². The van der Waals surface area contributed by atoms with Gasteiger partial charge in [-0.3, -0.25) is 9.69 Å². The predicted octanol–water partition coefficient (Wildman–Crippen LogP) is 2.96. The lowest BCUT2D eigenvalue weighted by atomic mass is 9.82. The van der Waals surface area contributed by atoms with Crippen LogP contribution in [0.3, 0.4) is 0 Å². The molecule has 1 aromatic rings. The number of nitrogens with two attached hydrogens (primary N) is 1. The minimum atomic E-state index is -0.690. The molecule has 5 nitrogen and oxygen atoms in total. The molecule has 2 aliphatic rings. The van der Waals surface area contributed by atoms with Crippen molar-refractivity contribution in [1.82, 2.24) is 4.90 Å². The first kappa shape index (κ1) is 22.2. The third-order valence-corrected chi connectivity index (χ3v) is 4.92. The molecular formula is C18H29Cl2N3O2. The smallest absolute Gasteiger partial charge is 0.244 e. The highest BCUT2D eigenvalue weighted by Gasteiger charge is 2.35. The molecule has 1 saturated heterocycles. The molecule has 3 N–H and O–H groups in total. The van der Waals surface area contributed by atoms with Crippen LogP contribution in [0.5, 0.6) is 0 Å². The SMILES string of the molecule is Cl.Cl.NC1(C(=O)Nc2ccc(CN3CCOCC3)cc2)CCCCC1. The average molecular weight is 390 g/mol. The fourth-order valence-corrected chi connectivity index (χ4v) is 3.38. The zero-order valence-corrected chi connectivity index (χ0v) is 16.2. The number of carbonyl (C=O) groups excluding carboxylic acids is 1. The van der Waals surface area contributed by atoms with Crippen LogP contribution >= 0.6 is 24.8 Å². The van der Waals surface area contributed by atoms with Gasteiger partial charge in [0.25, 0.3) is 0 Å². The molecule has 0 bridgehead atoms. The standard InChI is InChI=1S/C18H27N3O2.2ClH/c19-18(8-2-1-3-9-18)17(22)20-16-6-4-15(5-7-16)14-21-10-12-23-13-11-21;;/h4-7H,1-3,8-14,19H2,(H,20,22);2*1H. The summed E-state index contributed by atoms with van der Waals surface area (Å²) < 4.78 is 5.37.